The third-order valence-electron chi connectivity index (χ3n) is 2.45. The third kappa shape index (κ3) is 8.30. The first-order valence-corrected chi connectivity index (χ1v) is 6.23. The van der Waals surface area contributed by atoms with Gasteiger partial charge < -0.3 is 0 Å². The van der Waals surface area contributed by atoms with E-state index in [0.29, 0.717) is 0 Å². The Kier molecular flexibility index (Phi) is 9.36. The number of hydrogen-bond donors (Lipinski definition) is 1. The molecular weight excluding hydrogens is 384 g/mol. The molecule has 0 amide bonds. The Morgan fingerprint density at radius 3 is 1.81 bits per heavy atom. The van der Waals surface area contributed by atoms with Gasteiger partial charge in [-0.2, -0.15) is 0 Å². The van der Waals surface area contributed by atoms with Crippen molar-refractivity contribution in [2.75, 3.05) is 26.7 Å². The third-order valence-corrected chi connectivity index (χ3v) is 2.45. The molecular formula is C5H10N14O8. The van der Waals surface area contributed by atoms with Crippen LogP contribution in [0.25, 0.3) is 20.9 Å². The van der Waals surface area contributed by atoms with Crippen LogP contribution in [-0.4, -0.2) is 68.0 Å². The van der Waals surface area contributed by atoms with Crippen LogP contribution < -0.4 is 5.32 Å². The van der Waals surface area contributed by atoms with E-state index in [-0.39, 0.29) is 15.0 Å². The highest BCUT2D eigenvalue weighted by atomic mass is 16.7. The van der Waals surface area contributed by atoms with Crippen molar-refractivity contribution >= 4 is 0 Å². The fourth-order valence-corrected chi connectivity index (χ4v) is 1.33. The van der Waals surface area contributed by atoms with Gasteiger partial charge in [-0.1, -0.05) is 20.1 Å². The first-order valence-electron chi connectivity index (χ1n) is 6.23. The summed E-state index contributed by atoms with van der Waals surface area (Å²) in [6, 6.07) is 0. The molecule has 148 valence electrons. The van der Waals surface area contributed by atoms with Crippen molar-refractivity contribution in [2.24, 2.45) is 10.2 Å². The van der Waals surface area contributed by atoms with E-state index in [4.69, 9.17) is 11.1 Å². The minimum atomic E-state index is -2.10. The summed E-state index contributed by atoms with van der Waals surface area (Å²) in [5.41, 5.74) is 16.3. The van der Waals surface area contributed by atoms with E-state index in [1.165, 1.54) is 0 Å². The maximum absolute atomic E-state index is 11.0. The molecule has 1 atom stereocenters. The fourth-order valence-electron chi connectivity index (χ4n) is 1.33. The summed E-state index contributed by atoms with van der Waals surface area (Å²) in [5, 5.41) is 47.3. The van der Waals surface area contributed by atoms with Gasteiger partial charge in [-0.05, 0) is 11.1 Å². The SMILES string of the molecule is [N-]=[N+]=NCN(CN(CN(CNC(N=[N+]=[N-])[N+](=O)[O-])[N+](=O)[O-])[N+](=O)[O-])[N+](=O)[O-]. The van der Waals surface area contributed by atoms with Gasteiger partial charge in [0.1, 0.15) is 6.67 Å². The van der Waals surface area contributed by atoms with Crippen molar-refractivity contribution < 1.29 is 20.0 Å². The molecule has 1 N–H and O–H groups in total. The second kappa shape index (κ2) is 11.2. The maximum Gasteiger partial charge on any atom is 0.348 e. The van der Waals surface area contributed by atoms with Gasteiger partial charge in [-0.15, -0.1) is 0 Å². The molecule has 0 aromatic heterocycles. The first kappa shape index (κ1) is 22.6. The number of nitrogens with zero attached hydrogens (tertiary/aromatic N) is 13. The molecule has 0 rings (SSSR count). The van der Waals surface area contributed by atoms with E-state index < -0.39 is 53.0 Å². The fraction of sp³-hybridized carbons (Fsp3) is 1.00. The first-order chi connectivity index (χ1) is 12.6. The lowest BCUT2D eigenvalue weighted by molar-refractivity contribution is -0.737. The summed E-state index contributed by atoms with van der Waals surface area (Å²) in [7, 11) is 0. The Balaban J connectivity index is 5.22. The quantitative estimate of drug-likeness (QED) is 0.0932. The topological polar surface area (TPSA) is 292 Å². The van der Waals surface area contributed by atoms with E-state index in [0.717, 1.165) is 0 Å². The van der Waals surface area contributed by atoms with Gasteiger partial charge in [0.15, 0.2) is 21.8 Å². The van der Waals surface area contributed by atoms with Crippen molar-refractivity contribution in [3.8, 4) is 0 Å². The van der Waals surface area contributed by atoms with Crippen LogP contribution in [0.3, 0.4) is 0 Å². The average Bonchev–Trinajstić information content (AvgIpc) is 2.57. The van der Waals surface area contributed by atoms with E-state index >= 15 is 0 Å². The molecule has 0 bridgehead atoms. The lowest BCUT2D eigenvalue weighted by Gasteiger charge is -2.21. The summed E-state index contributed by atoms with van der Waals surface area (Å²) >= 11 is 0. The van der Waals surface area contributed by atoms with E-state index in [1.54, 1.807) is 0 Å². The monoisotopic (exact) mass is 394 g/mol. The predicted molar refractivity (Wildman–Crippen MR) is 78.2 cm³/mol. The maximum atomic E-state index is 11.0. The van der Waals surface area contributed by atoms with Gasteiger partial charge >= 0.3 is 6.29 Å². The van der Waals surface area contributed by atoms with Crippen molar-refractivity contribution in [1.29, 1.82) is 0 Å². The van der Waals surface area contributed by atoms with Crippen LogP contribution in [0, 0.1) is 40.5 Å². The molecule has 0 radical (unpaired) electrons. The number of nitrogens with one attached hydrogen (secondary N) is 1. The highest BCUT2D eigenvalue weighted by molar-refractivity contribution is 4.53. The summed E-state index contributed by atoms with van der Waals surface area (Å²) in [6.07, 6.45) is -2.10. The molecule has 0 heterocycles. The highest BCUT2D eigenvalue weighted by Gasteiger charge is 2.31. The van der Waals surface area contributed by atoms with Crippen LogP contribution in [0.5, 0.6) is 0 Å². The molecule has 0 fully saturated rings. The van der Waals surface area contributed by atoms with E-state index in [9.17, 15) is 40.5 Å². The molecule has 1 unspecified atom stereocenters. The van der Waals surface area contributed by atoms with Crippen LogP contribution in [-0.2, 0) is 0 Å². The van der Waals surface area contributed by atoms with Crippen molar-refractivity contribution in [3.05, 3.63) is 61.3 Å². The predicted octanol–water partition coefficient (Wildman–Crippen LogP) is -0.932. The van der Waals surface area contributed by atoms with Crippen molar-refractivity contribution in [2.45, 2.75) is 6.29 Å². The largest absolute Gasteiger partial charge is 0.348 e. The summed E-state index contributed by atoms with van der Waals surface area (Å²) in [4.78, 5) is 46.5. The van der Waals surface area contributed by atoms with Gasteiger partial charge in [-0.25, -0.2) is 35.7 Å². The minimum Gasteiger partial charge on any atom is -0.263 e. The second-order valence-electron chi connectivity index (χ2n) is 4.11. The molecule has 0 aliphatic rings. The van der Waals surface area contributed by atoms with Gasteiger partial charge in [0, 0.05) is 19.9 Å². The second-order valence-corrected chi connectivity index (χ2v) is 4.11. The lowest BCUT2D eigenvalue weighted by Crippen LogP contribution is -2.53. The van der Waals surface area contributed by atoms with Crippen LogP contribution in [0.1, 0.15) is 0 Å². The molecule has 0 spiro atoms. The molecule has 0 aromatic carbocycles. The molecule has 0 saturated heterocycles. The van der Waals surface area contributed by atoms with Crippen LogP contribution in [0.2, 0.25) is 0 Å². The molecule has 22 heteroatoms. The zero-order valence-electron chi connectivity index (χ0n) is 13.0. The van der Waals surface area contributed by atoms with Crippen LogP contribution >= 0.6 is 0 Å². The average molecular weight is 394 g/mol. The van der Waals surface area contributed by atoms with Gasteiger partial charge in [0.25, 0.3) is 0 Å². The number of nitro groups is 4. The summed E-state index contributed by atoms with van der Waals surface area (Å²) in [5.74, 6) is 0. The Bertz CT molecular complexity index is 666. The number of hydrogen-bond acceptors (Lipinski definition) is 11. The molecule has 0 aliphatic heterocycles. The molecule has 27 heavy (non-hydrogen) atoms. The summed E-state index contributed by atoms with van der Waals surface area (Å²) < 4.78 is 0. The van der Waals surface area contributed by atoms with Crippen LogP contribution in [0.15, 0.2) is 10.2 Å². The van der Waals surface area contributed by atoms with E-state index in [2.05, 4.69) is 20.1 Å². The normalized spacial score (nSPS) is 10.5. The minimum absolute atomic E-state index is 0.00883. The molecule has 22 nitrogen and oxygen atoms in total. The Hall–Kier alpha value is -4.42. The van der Waals surface area contributed by atoms with Crippen LogP contribution in [0.4, 0.5) is 0 Å². The Morgan fingerprint density at radius 2 is 1.41 bits per heavy atom. The molecule has 0 aliphatic carbocycles. The number of rotatable bonds is 14. The Labute approximate surface area is 146 Å². The Morgan fingerprint density at radius 1 is 0.889 bits per heavy atom. The number of azide groups is 2. The highest BCUT2D eigenvalue weighted by Crippen LogP contribution is 2.00. The van der Waals surface area contributed by atoms with Crippen molar-refractivity contribution in [1.82, 2.24) is 20.3 Å². The van der Waals surface area contributed by atoms with Gasteiger partial charge in [-0.3, -0.25) is 10.1 Å². The molecule has 0 aromatic rings. The van der Waals surface area contributed by atoms with Crippen molar-refractivity contribution in [3.63, 3.8) is 0 Å². The summed E-state index contributed by atoms with van der Waals surface area (Å²) in [6.45, 7) is -4.20. The van der Waals surface area contributed by atoms with Gasteiger partial charge in [0.2, 0.25) is 13.3 Å². The lowest BCUT2D eigenvalue weighted by atomic mass is 10.7. The zero-order chi connectivity index (χ0) is 21.0. The molecule has 0 saturated carbocycles. The standard InChI is InChI=1S/C5H10N14O8/c6-11-9-2-14(18(24)25)4-15(19(26)27)3-13(17(22)23)1-8-5(10-12-7)16(20)21/h5,8H,1-4H2. The zero-order valence-corrected chi connectivity index (χ0v) is 13.0. The van der Waals surface area contributed by atoms with E-state index in [1.807, 2.05) is 5.32 Å². The van der Waals surface area contributed by atoms with Gasteiger partial charge in [0.05, 0.1) is 0 Å². The number of hydrazine groups is 3. The smallest absolute Gasteiger partial charge is 0.263 e.